The molecule has 1 aliphatic heterocycles. The van der Waals surface area contributed by atoms with Crippen LogP contribution >= 0.6 is 0 Å². The standard InChI is InChI=1S/C11H20N4/c1-9(11-7-14-15-8-11)13-6-10-2-4-12-5-3-10/h7-10,12-13H,2-6H2,1H3,(H,14,15). The van der Waals surface area contributed by atoms with E-state index in [0.717, 1.165) is 12.5 Å². The van der Waals surface area contributed by atoms with E-state index in [1.54, 1.807) is 0 Å². The molecule has 0 saturated carbocycles. The van der Waals surface area contributed by atoms with Crippen LogP contribution in [0.3, 0.4) is 0 Å². The van der Waals surface area contributed by atoms with Crippen LogP contribution in [-0.2, 0) is 0 Å². The lowest BCUT2D eigenvalue weighted by Crippen LogP contribution is -2.34. The SMILES string of the molecule is CC(NCC1CCNCC1)c1cn[nH]c1. The highest BCUT2D eigenvalue weighted by molar-refractivity contribution is 5.07. The molecule has 1 unspecified atom stereocenters. The smallest absolute Gasteiger partial charge is 0.0534 e. The van der Waals surface area contributed by atoms with Crippen LogP contribution in [0.4, 0.5) is 0 Å². The summed E-state index contributed by atoms with van der Waals surface area (Å²) in [4.78, 5) is 0. The van der Waals surface area contributed by atoms with Crippen LogP contribution < -0.4 is 10.6 Å². The Morgan fingerprint density at radius 2 is 2.33 bits per heavy atom. The Bertz CT molecular complexity index is 264. The van der Waals surface area contributed by atoms with Gasteiger partial charge < -0.3 is 10.6 Å². The van der Waals surface area contributed by atoms with Gasteiger partial charge in [-0.2, -0.15) is 5.10 Å². The zero-order valence-electron chi connectivity index (χ0n) is 9.29. The van der Waals surface area contributed by atoms with Gasteiger partial charge in [-0.05, 0) is 45.3 Å². The van der Waals surface area contributed by atoms with Gasteiger partial charge in [-0.3, -0.25) is 5.10 Å². The van der Waals surface area contributed by atoms with E-state index in [2.05, 4.69) is 27.8 Å². The van der Waals surface area contributed by atoms with Crippen LogP contribution in [0.2, 0.25) is 0 Å². The van der Waals surface area contributed by atoms with E-state index in [9.17, 15) is 0 Å². The normalized spacial score (nSPS) is 20.3. The van der Waals surface area contributed by atoms with Crippen molar-refractivity contribution in [3.8, 4) is 0 Å². The second-order valence-electron chi connectivity index (χ2n) is 4.35. The van der Waals surface area contributed by atoms with Crippen molar-refractivity contribution < 1.29 is 0 Å². The number of nitrogens with zero attached hydrogens (tertiary/aromatic N) is 1. The molecule has 0 bridgehead atoms. The maximum absolute atomic E-state index is 3.96. The van der Waals surface area contributed by atoms with Gasteiger partial charge in [-0.25, -0.2) is 0 Å². The van der Waals surface area contributed by atoms with Crippen LogP contribution in [0.25, 0.3) is 0 Å². The molecule has 3 N–H and O–H groups in total. The zero-order valence-corrected chi connectivity index (χ0v) is 9.29. The Morgan fingerprint density at radius 1 is 1.53 bits per heavy atom. The minimum Gasteiger partial charge on any atom is -0.317 e. The fourth-order valence-electron chi connectivity index (χ4n) is 2.04. The zero-order chi connectivity index (χ0) is 10.5. The highest BCUT2D eigenvalue weighted by Crippen LogP contribution is 2.14. The Balaban J connectivity index is 1.73. The van der Waals surface area contributed by atoms with Crippen molar-refractivity contribution in [3.63, 3.8) is 0 Å². The minimum atomic E-state index is 0.402. The summed E-state index contributed by atoms with van der Waals surface area (Å²) in [5.74, 6) is 0.834. The third-order valence-electron chi connectivity index (χ3n) is 3.19. The minimum absolute atomic E-state index is 0.402. The first-order chi connectivity index (χ1) is 7.36. The largest absolute Gasteiger partial charge is 0.317 e. The van der Waals surface area contributed by atoms with Gasteiger partial charge in [0.05, 0.1) is 6.20 Å². The molecule has 1 aromatic heterocycles. The monoisotopic (exact) mass is 208 g/mol. The molecule has 15 heavy (non-hydrogen) atoms. The molecular formula is C11H20N4. The lowest BCUT2D eigenvalue weighted by atomic mass is 9.98. The van der Waals surface area contributed by atoms with E-state index >= 15 is 0 Å². The first-order valence-corrected chi connectivity index (χ1v) is 5.79. The van der Waals surface area contributed by atoms with Gasteiger partial charge >= 0.3 is 0 Å². The number of aromatic nitrogens is 2. The van der Waals surface area contributed by atoms with Gasteiger partial charge in [-0.15, -0.1) is 0 Å². The van der Waals surface area contributed by atoms with Crippen LogP contribution in [0.5, 0.6) is 0 Å². The Morgan fingerprint density at radius 3 is 3.00 bits per heavy atom. The molecule has 0 aromatic carbocycles. The fraction of sp³-hybridized carbons (Fsp3) is 0.727. The van der Waals surface area contributed by atoms with Gasteiger partial charge in [-0.1, -0.05) is 0 Å². The predicted octanol–water partition coefficient (Wildman–Crippen LogP) is 1.06. The molecule has 4 heteroatoms. The van der Waals surface area contributed by atoms with Crippen LogP contribution in [0, 0.1) is 5.92 Å². The van der Waals surface area contributed by atoms with Crippen molar-refractivity contribution in [2.24, 2.45) is 5.92 Å². The van der Waals surface area contributed by atoms with Crippen molar-refractivity contribution >= 4 is 0 Å². The summed E-state index contributed by atoms with van der Waals surface area (Å²) < 4.78 is 0. The number of piperidine rings is 1. The average Bonchev–Trinajstić information content (AvgIpc) is 2.81. The van der Waals surface area contributed by atoms with Gasteiger partial charge in [0.1, 0.15) is 0 Å². The molecule has 4 nitrogen and oxygen atoms in total. The molecule has 84 valence electrons. The first-order valence-electron chi connectivity index (χ1n) is 5.79. The molecular weight excluding hydrogens is 188 g/mol. The van der Waals surface area contributed by atoms with Crippen molar-refractivity contribution in [2.45, 2.75) is 25.8 Å². The fourth-order valence-corrected chi connectivity index (χ4v) is 2.04. The molecule has 0 radical (unpaired) electrons. The predicted molar refractivity (Wildman–Crippen MR) is 60.6 cm³/mol. The number of aromatic amines is 1. The van der Waals surface area contributed by atoms with E-state index in [4.69, 9.17) is 0 Å². The van der Waals surface area contributed by atoms with Gasteiger partial charge in [0.15, 0.2) is 0 Å². The lowest BCUT2D eigenvalue weighted by Gasteiger charge is -2.24. The molecule has 0 spiro atoms. The van der Waals surface area contributed by atoms with Crippen LogP contribution in [0.1, 0.15) is 31.4 Å². The van der Waals surface area contributed by atoms with Crippen molar-refractivity contribution in [3.05, 3.63) is 18.0 Å². The molecule has 0 amide bonds. The lowest BCUT2D eigenvalue weighted by molar-refractivity contribution is 0.345. The van der Waals surface area contributed by atoms with Gasteiger partial charge in [0, 0.05) is 17.8 Å². The van der Waals surface area contributed by atoms with Crippen LogP contribution in [-0.4, -0.2) is 29.8 Å². The second-order valence-corrected chi connectivity index (χ2v) is 4.35. The quantitative estimate of drug-likeness (QED) is 0.693. The number of hydrogen-bond acceptors (Lipinski definition) is 3. The van der Waals surface area contributed by atoms with Gasteiger partial charge in [0.25, 0.3) is 0 Å². The second kappa shape index (κ2) is 5.28. The summed E-state index contributed by atoms with van der Waals surface area (Å²) in [7, 11) is 0. The third kappa shape index (κ3) is 3.04. The molecule has 1 saturated heterocycles. The first kappa shape index (κ1) is 10.6. The topological polar surface area (TPSA) is 52.7 Å². The molecule has 0 aliphatic carbocycles. The Labute approximate surface area is 90.8 Å². The molecule has 2 rings (SSSR count). The summed E-state index contributed by atoms with van der Waals surface area (Å²) in [6.45, 7) is 5.65. The summed E-state index contributed by atoms with van der Waals surface area (Å²) in [5, 5.41) is 13.8. The Kier molecular flexibility index (Phi) is 3.75. The van der Waals surface area contributed by atoms with E-state index in [1.165, 1.54) is 31.5 Å². The van der Waals surface area contributed by atoms with E-state index in [-0.39, 0.29) is 0 Å². The number of nitrogens with one attached hydrogen (secondary N) is 3. The summed E-state index contributed by atoms with van der Waals surface area (Å²) in [6, 6.07) is 0.402. The van der Waals surface area contributed by atoms with E-state index in [1.807, 2.05) is 12.4 Å². The molecule has 1 aromatic rings. The maximum atomic E-state index is 3.96. The maximum Gasteiger partial charge on any atom is 0.0534 e. The molecule has 1 aliphatic rings. The number of hydrogen-bond donors (Lipinski definition) is 3. The van der Waals surface area contributed by atoms with Crippen molar-refractivity contribution in [2.75, 3.05) is 19.6 Å². The van der Waals surface area contributed by atoms with Gasteiger partial charge in [0.2, 0.25) is 0 Å². The van der Waals surface area contributed by atoms with Crippen molar-refractivity contribution in [1.29, 1.82) is 0 Å². The third-order valence-corrected chi connectivity index (χ3v) is 3.19. The number of H-pyrrole nitrogens is 1. The molecule has 1 atom stereocenters. The molecule has 1 fully saturated rings. The Hall–Kier alpha value is -0.870. The summed E-state index contributed by atoms with van der Waals surface area (Å²) in [5.41, 5.74) is 1.24. The highest BCUT2D eigenvalue weighted by Gasteiger charge is 2.14. The molecule has 2 heterocycles. The summed E-state index contributed by atoms with van der Waals surface area (Å²) in [6.07, 6.45) is 6.44. The number of rotatable bonds is 4. The van der Waals surface area contributed by atoms with Crippen molar-refractivity contribution in [1.82, 2.24) is 20.8 Å². The summed E-state index contributed by atoms with van der Waals surface area (Å²) >= 11 is 0. The van der Waals surface area contributed by atoms with E-state index < -0.39 is 0 Å². The average molecular weight is 208 g/mol. The van der Waals surface area contributed by atoms with E-state index in [0.29, 0.717) is 6.04 Å². The van der Waals surface area contributed by atoms with Crippen LogP contribution in [0.15, 0.2) is 12.4 Å². The highest BCUT2D eigenvalue weighted by atomic mass is 15.1.